The maximum Gasteiger partial charge on any atom is 0.142 e. The Kier molecular flexibility index (Phi) is 2.73. The summed E-state index contributed by atoms with van der Waals surface area (Å²) < 4.78 is 5.74. The third kappa shape index (κ3) is 1.67. The van der Waals surface area contributed by atoms with Crippen LogP contribution in [0.1, 0.15) is 28.5 Å². The number of hydrogen-bond acceptors (Lipinski definition) is 3. The Morgan fingerprint density at radius 2 is 2.06 bits per heavy atom. The van der Waals surface area contributed by atoms with E-state index in [0.29, 0.717) is 17.5 Å². The number of fused-ring (bicyclic) bond motifs is 1. The maximum atomic E-state index is 10.0. The van der Waals surface area contributed by atoms with Crippen LogP contribution in [0.15, 0.2) is 30.3 Å². The first kappa shape index (κ1) is 11.5. The highest BCUT2D eigenvalue weighted by Crippen LogP contribution is 2.43. The second-order valence-corrected chi connectivity index (χ2v) is 4.69. The molecule has 2 heterocycles. The van der Waals surface area contributed by atoms with Gasteiger partial charge in [-0.1, -0.05) is 41.9 Å². The van der Waals surface area contributed by atoms with Crippen molar-refractivity contribution in [1.29, 1.82) is 0 Å². The smallest absolute Gasteiger partial charge is 0.142 e. The molecule has 1 aromatic carbocycles. The number of ether oxygens (including phenoxy) is 1. The van der Waals surface area contributed by atoms with Crippen molar-refractivity contribution in [2.45, 2.75) is 19.6 Å². The topological polar surface area (TPSA) is 42.4 Å². The first-order valence-corrected chi connectivity index (χ1v) is 6.10. The predicted molar refractivity (Wildman–Crippen MR) is 68.7 cm³/mol. The highest BCUT2D eigenvalue weighted by Gasteiger charge is 2.31. The third-order valence-corrected chi connectivity index (χ3v) is 3.49. The molecular formula is C14H12ClNO2. The van der Waals surface area contributed by atoms with Crippen molar-refractivity contribution in [1.82, 2.24) is 4.98 Å². The predicted octanol–water partition coefficient (Wildman–Crippen LogP) is 3.37. The van der Waals surface area contributed by atoms with Gasteiger partial charge in [-0.25, -0.2) is 4.98 Å². The van der Waals surface area contributed by atoms with Gasteiger partial charge < -0.3 is 9.84 Å². The first-order valence-electron chi connectivity index (χ1n) is 5.73. The van der Waals surface area contributed by atoms with Gasteiger partial charge in [0.25, 0.3) is 0 Å². The molecule has 0 radical (unpaired) electrons. The maximum absolute atomic E-state index is 10.0. The minimum Gasteiger partial charge on any atom is -0.506 e. The summed E-state index contributed by atoms with van der Waals surface area (Å²) in [5, 5.41) is 10.4. The second kappa shape index (κ2) is 4.26. The van der Waals surface area contributed by atoms with E-state index in [1.165, 1.54) is 0 Å². The molecule has 1 aromatic heterocycles. The molecule has 2 aromatic rings. The van der Waals surface area contributed by atoms with Gasteiger partial charge in [0.15, 0.2) is 0 Å². The fourth-order valence-electron chi connectivity index (χ4n) is 2.28. The summed E-state index contributed by atoms with van der Waals surface area (Å²) in [4.78, 5) is 4.16. The van der Waals surface area contributed by atoms with Crippen LogP contribution >= 0.6 is 11.6 Å². The molecule has 0 spiro atoms. The largest absolute Gasteiger partial charge is 0.506 e. The Hall–Kier alpha value is -1.58. The number of benzene rings is 1. The monoisotopic (exact) mass is 261 g/mol. The Morgan fingerprint density at radius 1 is 1.33 bits per heavy atom. The van der Waals surface area contributed by atoms with Crippen molar-refractivity contribution in [2.24, 2.45) is 0 Å². The summed E-state index contributed by atoms with van der Waals surface area (Å²) in [7, 11) is 0. The van der Waals surface area contributed by atoms with E-state index in [1.807, 2.05) is 30.3 Å². The molecule has 4 heteroatoms. The van der Waals surface area contributed by atoms with E-state index >= 15 is 0 Å². The van der Waals surface area contributed by atoms with Gasteiger partial charge >= 0.3 is 0 Å². The van der Waals surface area contributed by atoms with Gasteiger partial charge in [0.1, 0.15) is 17.0 Å². The summed E-state index contributed by atoms with van der Waals surface area (Å²) in [5.41, 5.74) is 3.09. The molecule has 3 rings (SSSR count). The van der Waals surface area contributed by atoms with Crippen molar-refractivity contribution >= 4 is 11.6 Å². The Bertz CT molecular complexity index is 598. The fourth-order valence-corrected chi connectivity index (χ4v) is 2.62. The molecule has 1 aliphatic heterocycles. The molecule has 92 valence electrons. The molecule has 0 amide bonds. The van der Waals surface area contributed by atoms with Crippen LogP contribution in [0.5, 0.6) is 5.75 Å². The number of hydrogen-bond donors (Lipinski definition) is 1. The number of aromatic nitrogens is 1. The molecule has 1 N–H and O–H groups in total. The second-order valence-electron chi connectivity index (χ2n) is 4.33. The van der Waals surface area contributed by atoms with E-state index < -0.39 is 0 Å². The lowest BCUT2D eigenvalue weighted by molar-refractivity contribution is 0.0932. The minimum absolute atomic E-state index is 0.188. The van der Waals surface area contributed by atoms with Crippen molar-refractivity contribution in [3.05, 3.63) is 57.9 Å². The van der Waals surface area contributed by atoms with Gasteiger partial charge in [0.05, 0.1) is 12.3 Å². The van der Waals surface area contributed by atoms with Gasteiger partial charge in [-0.2, -0.15) is 0 Å². The lowest BCUT2D eigenvalue weighted by atomic mass is 10.0. The van der Waals surface area contributed by atoms with E-state index in [0.717, 1.165) is 16.7 Å². The summed E-state index contributed by atoms with van der Waals surface area (Å²) >= 11 is 6.19. The standard InChI is InChI=1S/C14H12ClNO2/c1-8-12(17)10-7-18-13(11(10)14(15)16-8)9-5-3-2-4-6-9/h2-6,13,17H,7H2,1H3. The number of nitrogens with zero attached hydrogens (tertiary/aromatic N) is 1. The van der Waals surface area contributed by atoms with Crippen molar-refractivity contribution < 1.29 is 9.84 Å². The molecule has 1 unspecified atom stereocenters. The van der Waals surface area contributed by atoms with Crippen molar-refractivity contribution in [3.63, 3.8) is 0 Å². The molecule has 0 aliphatic carbocycles. The van der Waals surface area contributed by atoms with Crippen LogP contribution in [0.3, 0.4) is 0 Å². The van der Waals surface area contributed by atoms with E-state index in [9.17, 15) is 5.11 Å². The lowest BCUT2D eigenvalue weighted by Gasteiger charge is -2.13. The van der Waals surface area contributed by atoms with Crippen LogP contribution in [-0.4, -0.2) is 10.1 Å². The first-order chi connectivity index (χ1) is 8.68. The fraction of sp³-hybridized carbons (Fsp3) is 0.214. The van der Waals surface area contributed by atoms with Crippen LogP contribution in [-0.2, 0) is 11.3 Å². The average Bonchev–Trinajstić information content (AvgIpc) is 2.82. The SMILES string of the molecule is Cc1nc(Cl)c2c(c1O)COC2c1ccccc1. The Balaban J connectivity index is 2.15. The number of aromatic hydroxyl groups is 1. The van der Waals surface area contributed by atoms with Crippen LogP contribution in [0.4, 0.5) is 0 Å². The molecule has 3 nitrogen and oxygen atoms in total. The van der Waals surface area contributed by atoms with E-state index in [-0.39, 0.29) is 11.9 Å². The zero-order chi connectivity index (χ0) is 12.7. The van der Waals surface area contributed by atoms with Gasteiger partial charge in [0, 0.05) is 11.1 Å². The van der Waals surface area contributed by atoms with Crippen LogP contribution < -0.4 is 0 Å². The van der Waals surface area contributed by atoms with Crippen molar-refractivity contribution in [2.75, 3.05) is 0 Å². The average molecular weight is 262 g/mol. The van der Waals surface area contributed by atoms with E-state index in [1.54, 1.807) is 6.92 Å². The minimum atomic E-state index is -0.243. The van der Waals surface area contributed by atoms with E-state index in [2.05, 4.69) is 4.98 Å². The zero-order valence-corrected chi connectivity index (χ0v) is 10.6. The van der Waals surface area contributed by atoms with E-state index in [4.69, 9.17) is 16.3 Å². The third-order valence-electron chi connectivity index (χ3n) is 3.20. The Labute approximate surface area is 110 Å². The molecule has 0 saturated carbocycles. The molecule has 0 fully saturated rings. The molecule has 1 atom stereocenters. The van der Waals surface area contributed by atoms with Gasteiger partial charge in [-0.15, -0.1) is 0 Å². The van der Waals surface area contributed by atoms with Crippen LogP contribution in [0, 0.1) is 6.92 Å². The zero-order valence-electron chi connectivity index (χ0n) is 9.85. The lowest BCUT2D eigenvalue weighted by Crippen LogP contribution is -2.00. The highest BCUT2D eigenvalue weighted by molar-refractivity contribution is 6.30. The summed E-state index contributed by atoms with van der Waals surface area (Å²) in [6, 6.07) is 9.81. The van der Waals surface area contributed by atoms with Gasteiger partial charge in [0.2, 0.25) is 0 Å². The molecule has 0 bridgehead atoms. The normalized spacial score (nSPS) is 17.8. The van der Waals surface area contributed by atoms with Gasteiger partial charge in [-0.05, 0) is 12.5 Å². The number of rotatable bonds is 1. The Morgan fingerprint density at radius 3 is 2.78 bits per heavy atom. The number of pyridine rings is 1. The summed E-state index contributed by atoms with van der Waals surface area (Å²) in [6.07, 6.45) is -0.243. The quantitative estimate of drug-likeness (QED) is 0.801. The highest BCUT2D eigenvalue weighted by atomic mass is 35.5. The van der Waals surface area contributed by atoms with Crippen LogP contribution in [0.25, 0.3) is 0 Å². The van der Waals surface area contributed by atoms with Gasteiger partial charge in [-0.3, -0.25) is 0 Å². The summed E-state index contributed by atoms with van der Waals surface area (Å²) in [5.74, 6) is 0.188. The number of aryl methyl sites for hydroxylation is 1. The number of halogens is 1. The molecule has 1 aliphatic rings. The molecular weight excluding hydrogens is 250 g/mol. The summed E-state index contributed by atoms with van der Waals surface area (Å²) in [6.45, 7) is 2.10. The molecule has 0 saturated heterocycles. The van der Waals surface area contributed by atoms with Crippen LogP contribution in [0.2, 0.25) is 5.15 Å². The van der Waals surface area contributed by atoms with Crippen molar-refractivity contribution in [3.8, 4) is 5.75 Å². The molecule has 18 heavy (non-hydrogen) atoms.